The first-order valence-corrected chi connectivity index (χ1v) is 5.86. The fraction of sp³-hybridized carbons (Fsp3) is 0.909. The van der Waals surface area contributed by atoms with E-state index in [4.69, 9.17) is 0 Å². The van der Waals surface area contributed by atoms with Crippen molar-refractivity contribution in [2.45, 2.75) is 31.8 Å². The lowest BCUT2D eigenvalue weighted by Crippen LogP contribution is -2.64. The maximum absolute atomic E-state index is 12.0. The Labute approximate surface area is 90.6 Å². The van der Waals surface area contributed by atoms with E-state index in [0.29, 0.717) is 13.1 Å². The van der Waals surface area contributed by atoms with Crippen molar-refractivity contribution in [2.24, 2.45) is 5.92 Å². The number of amides is 1. The molecule has 4 heteroatoms. The minimum Gasteiger partial charge on any atom is -0.386 e. The lowest BCUT2D eigenvalue weighted by molar-refractivity contribution is -0.160. The summed E-state index contributed by atoms with van der Waals surface area (Å²) in [4.78, 5) is 13.8. The van der Waals surface area contributed by atoms with Crippen molar-refractivity contribution in [1.29, 1.82) is 0 Å². The van der Waals surface area contributed by atoms with E-state index >= 15 is 0 Å². The van der Waals surface area contributed by atoms with Crippen LogP contribution in [0.25, 0.3) is 0 Å². The molecule has 0 spiro atoms. The van der Waals surface area contributed by atoms with Gasteiger partial charge in [0.1, 0.15) is 0 Å². The smallest absolute Gasteiger partial charge is 0.227 e. The van der Waals surface area contributed by atoms with Gasteiger partial charge in [0.15, 0.2) is 0 Å². The van der Waals surface area contributed by atoms with Crippen LogP contribution in [0.1, 0.15) is 26.2 Å². The van der Waals surface area contributed by atoms with Gasteiger partial charge in [0, 0.05) is 6.54 Å². The summed E-state index contributed by atoms with van der Waals surface area (Å²) in [6.45, 7) is 4.85. The zero-order valence-electron chi connectivity index (χ0n) is 9.33. The van der Waals surface area contributed by atoms with Gasteiger partial charge in [-0.1, -0.05) is 6.92 Å². The average molecular weight is 212 g/mol. The van der Waals surface area contributed by atoms with Gasteiger partial charge < -0.3 is 15.3 Å². The van der Waals surface area contributed by atoms with E-state index in [2.05, 4.69) is 5.32 Å². The zero-order valence-corrected chi connectivity index (χ0v) is 9.33. The molecular weight excluding hydrogens is 192 g/mol. The molecule has 1 amide bonds. The van der Waals surface area contributed by atoms with Crippen LogP contribution in [0.4, 0.5) is 0 Å². The van der Waals surface area contributed by atoms with Crippen LogP contribution < -0.4 is 5.32 Å². The number of hydrogen-bond acceptors (Lipinski definition) is 3. The van der Waals surface area contributed by atoms with Crippen LogP contribution in [0.5, 0.6) is 0 Å². The summed E-state index contributed by atoms with van der Waals surface area (Å²) < 4.78 is 0. The number of hydrogen-bond donors (Lipinski definition) is 2. The van der Waals surface area contributed by atoms with Gasteiger partial charge in [-0.15, -0.1) is 0 Å². The summed E-state index contributed by atoms with van der Waals surface area (Å²) in [5.41, 5.74) is -0.599. The predicted molar refractivity (Wildman–Crippen MR) is 57.4 cm³/mol. The van der Waals surface area contributed by atoms with Gasteiger partial charge in [0.25, 0.3) is 0 Å². The van der Waals surface area contributed by atoms with Crippen molar-refractivity contribution in [3.8, 4) is 0 Å². The maximum atomic E-state index is 12.0. The zero-order chi connectivity index (χ0) is 10.9. The number of β-amino-alcohol motifs (C(OH)–C–C–N with tert-alkyl or cyclic N) is 1. The third-order valence-electron chi connectivity index (χ3n) is 3.59. The molecular formula is C11H20N2O2. The highest BCUT2D eigenvalue weighted by Gasteiger charge is 2.43. The molecule has 0 aromatic carbocycles. The van der Waals surface area contributed by atoms with Crippen LogP contribution in [0, 0.1) is 5.92 Å². The Morgan fingerprint density at radius 1 is 1.60 bits per heavy atom. The summed E-state index contributed by atoms with van der Waals surface area (Å²) in [7, 11) is 0. The summed E-state index contributed by atoms with van der Waals surface area (Å²) in [6, 6.07) is 0. The Balaban J connectivity index is 1.83. The first kappa shape index (κ1) is 10.9. The van der Waals surface area contributed by atoms with Gasteiger partial charge in [-0.2, -0.15) is 0 Å². The van der Waals surface area contributed by atoms with Crippen molar-refractivity contribution in [2.75, 3.05) is 26.2 Å². The largest absolute Gasteiger partial charge is 0.386 e. The van der Waals surface area contributed by atoms with Crippen molar-refractivity contribution in [3.63, 3.8) is 0 Å². The molecule has 0 bridgehead atoms. The van der Waals surface area contributed by atoms with Crippen LogP contribution in [0.15, 0.2) is 0 Å². The standard InChI is InChI=1S/C11H20N2O2/c1-2-11(15)7-13(8-11)10(14)9-4-3-5-12-6-9/h9,12,15H,2-8H2,1H3/t9-/m1/s1. The molecule has 1 atom stereocenters. The van der Waals surface area contributed by atoms with Crippen molar-refractivity contribution >= 4 is 5.91 Å². The lowest BCUT2D eigenvalue weighted by Gasteiger charge is -2.47. The van der Waals surface area contributed by atoms with E-state index in [1.165, 1.54) is 0 Å². The second kappa shape index (κ2) is 4.10. The molecule has 0 aromatic rings. The molecule has 2 heterocycles. The van der Waals surface area contributed by atoms with E-state index in [0.717, 1.165) is 32.4 Å². The maximum Gasteiger partial charge on any atom is 0.227 e. The number of nitrogens with one attached hydrogen (secondary N) is 1. The van der Waals surface area contributed by atoms with Crippen LogP contribution in [0.2, 0.25) is 0 Å². The third-order valence-corrected chi connectivity index (χ3v) is 3.59. The summed E-state index contributed by atoms with van der Waals surface area (Å²) in [6.07, 6.45) is 2.81. The Morgan fingerprint density at radius 2 is 2.33 bits per heavy atom. The predicted octanol–water partition coefficient (Wildman–Crippen LogP) is -0.0307. The number of aliphatic hydroxyl groups is 1. The Bertz CT molecular complexity index is 243. The summed E-state index contributed by atoms with van der Waals surface area (Å²) in [5, 5.41) is 13.1. The second-order valence-corrected chi connectivity index (χ2v) is 4.82. The van der Waals surface area contributed by atoms with E-state index < -0.39 is 5.60 Å². The molecule has 2 N–H and O–H groups in total. The van der Waals surface area contributed by atoms with Gasteiger partial charge in [-0.05, 0) is 25.8 Å². The van der Waals surface area contributed by atoms with E-state index in [-0.39, 0.29) is 11.8 Å². The molecule has 0 unspecified atom stereocenters. The lowest BCUT2D eigenvalue weighted by atomic mass is 9.88. The van der Waals surface area contributed by atoms with Crippen LogP contribution in [-0.2, 0) is 4.79 Å². The number of nitrogens with zero attached hydrogens (tertiary/aromatic N) is 1. The quantitative estimate of drug-likeness (QED) is 0.676. The highest BCUT2D eigenvalue weighted by molar-refractivity contribution is 5.80. The van der Waals surface area contributed by atoms with Crippen molar-refractivity contribution < 1.29 is 9.90 Å². The second-order valence-electron chi connectivity index (χ2n) is 4.82. The fourth-order valence-corrected chi connectivity index (χ4v) is 2.36. The van der Waals surface area contributed by atoms with Crippen LogP contribution in [0.3, 0.4) is 0 Å². The SMILES string of the molecule is CCC1(O)CN(C(=O)[C@@H]2CCCNC2)C1. The normalized spacial score (nSPS) is 29.7. The van der Waals surface area contributed by atoms with E-state index in [9.17, 15) is 9.90 Å². The Hall–Kier alpha value is -0.610. The summed E-state index contributed by atoms with van der Waals surface area (Å²) >= 11 is 0. The minimum absolute atomic E-state index is 0.139. The highest BCUT2D eigenvalue weighted by Crippen LogP contribution is 2.26. The van der Waals surface area contributed by atoms with Crippen LogP contribution >= 0.6 is 0 Å². The Morgan fingerprint density at radius 3 is 2.87 bits per heavy atom. The fourth-order valence-electron chi connectivity index (χ4n) is 2.36. The highest BCUT2D eigenvalue weighted by atomic mass is 16.3. The molecule has 0 aliphatic carbocycles. The number of likely N-dealkylation sites (tertiary alicyclic amines) is 1. The van der Waals surface area contributed by atoms with Gasteiger partial charge in [-0.3, -0.25) is 4.79 Å². The Kier molecular flexibility index (Phi) is 2.98. The first-order chi connectivity index (χ1) is 7.14. The molecule has 2 aliphatic rings. The molecule has 86 valence electrons. The molecule has 15 heavy (non-hydrogen) atoms. The van der Waals surface area contributed by atoms with Gasteiger partial charge >= 0.3 is 0 Å². The van der Waals surface area contributed by atoms with E-state index in [1.807, 2.05) is 6.92 Å². The number of rotatable bonds is 2. The van der Waals surface area contributed by atoms with E-state index in [1.54, 1.807) is 4.90 Å². The number of piperidine rings is 1. The van der Waals surface area contributed by atoms with Crippen LogP contribution in [-0.4, -0.2) is 47.7 Å². The van der Waals surface area contributed by atoms with Gasteiger partial charge in [0.05, 0.1) is 24.6 Å². The summed E-state index contributed by atoms with van der Waals surface area (Å²) in [5.74, 6) is 0.362. The molecule has 4 nitrogen and oxygen atoms in total. The molecule has 2 fully saturated rings. The number of carbonyl (C=O) groups is 1. The number of carbonyl (C=O) groups excluding carboxylic acids is 1. The molecule has 2 aliphatic heterocycles. The molecule has 0 aromatic heterocycles. The van der Waals surface area contributed by atoms with Crippen molar-refractivity contribution in [3.05, 3.63) is 0 Å². The average Bonchev–Trinajstić information content (AvgIpc) is 2.25. The van der Waals surface area contributed by atoms with Gasteiger partial charge in [0.2, 0.25) is 5.91 Å². The van der Waals surface area contributed by atoms with Gasteiger partial charge in [-0.25, -0.2) is 0 Å². The first-order valence-electron chi connectivity index (χ1n) is 5.86. The molecule has 0 saturated carbocycles. The topological polar surface area (TPSA) is 52.6 Å². The minimum atomic E-state index is -0.599. The molecule has 2 rings (SSSR count). The molecule has 0 radical (unpaired) electrons. The van der Waals surface area contributed by atoms with Crippen molar-refractivity contribution in [1.82, 2.24) is 10.2 Å². The third kappa shape index (κ3) is 2.16. The molecule has 2 saturated heterocycles. The monoisotopic (exact) mass is 212 g/mol.